The lowest BCUT2D eigenvalue weighted by Gasteiger charge is -2.33. The third-order valence-electron chi connectivity index (χ3n) is 4.50. The van der Waals surface area contributed by atoms with E-state index in [1.807, 2.05) is 15.8 Å². The second kappa shape index (κ2) is 6.24. The summed E-state index contributed by atoms with van der Waals surface area (Å²) in [6.45, 7) is 1.62. The molecule has 1 saturated heterocycles. The highest BCUT2D eigenvalue weighted by Gasteiger charge is 2.25. The largest absolute Gasteiger partial charge is 0.335 e. The molecular weight excluding hydrogens is 254 g/mol. The Morgan fingerprint density at radius 3 is 2.50 bits per heavy atom. The zero-order valence-electron chi connectivity index (χ0n) is 11.9. The van der Waals surface area contributed by atoms with Crippen molar-refractivity contribution in [2.24, 2.45) is 0 Å². The molecule has 2 heterocycles. The lowest BCUT2D eigenvalue weighted by Crippen LogP contribution is -2.48. The van der Waals surface area contributed by atoms with E-state index in [1.165, 1.54) is 19.3 Å². The van der Waals surface area contributed by atoms with Crippen molar-refractivity contribution in [3.8, 4) is 0 Å². The number of carbonyl (C=O) groups excluding carboxylic acids is 1. The van der Waals surface area contributed by atoms with Crippen LogP contribution in [0.2, 0.25) is 0 Å². The van der Waals surface area contributed by atoms with Crippen LogP contribution in [0.3, 0.4) is 0 Å². The molecule has 2 aliphatic rings. The third-order valence-corrected chi connectivity index (χ3v) is 4.50. The van der Waals surface area contributed by atoms with Gasteiger partial charge in [-0.05, 0) is 25.7 Å². The fourth-order valence-corrected chi connectivity index (χ4v) is 3.26. The van der Waals surface area contributed by atoms with E-state index in [0.717, 1.165) is 38.8 Å². The molecule has 2 amide bonds. The van der Waals surface area contributed by atoms with Crippen LogP contribution < -0.4 is 5.32 Å². The molecule has 1 N–H and O–H groups in total. The van der Waals surface area contributed by atoms with Crippen LogP contribution in [0.1, 0.15) is 51.0 Å². The molecule has 0 unspecified atom stereocenters. The number of aromatic nitrogens is 3. The number of piperidine rings is 1. The minimum atomic E-state index is 0.119. The van der Waals surface area contributed by atoms with Gasteiger partial charge in [0.25, 0.3) is 0 Å². The summed E-state index contributed by atoms with van der Waals surface area (Å²) in [4.78, 5) is 14.2. The van der Waals surface area contributed by atoms with Crippen molar-refractivity contribution >= 4 is 6.03 Å². The predicted octanol–water partition coefficient (Wildman–Crippen LogP) is 1.96. The van der Waals surface area contributed by atoms with Crippen LogP contribution in [0.5, 0.6) is 0 Å². The first-order valence-corrected chi connectivity index (χ1v) is 7.74. The minimum Gasteiger partial charge on any atom is -0.335 e. The number of hydrogen-bond acceptors (Lipinski definition) is 3. The lowest BCUT2D eigenvalue weighted by atomic mass is 9.95. The second-order valence-corrected chi connectivity index (χ2v) is 5.89. The second-order valence-electron chi connectivity index (χ2n) is 5.89. The van der Waals surface area contributed by atoms with Crippen LogP contribution >= 0.6 is 0 Å². The molecule has 0 atom stereocenters. The van der Waals surface area contributed by atoms with Gasteiger partial charge >= 0.3 is 6.03 Å². The molecule has 6 nitrogen and oxygen atoms in total. The van der Waals surface area contributed by atoms with Crippen LogP contribution in [-0.2, 0) is 0 Å². The number of nitrogens with one attached hydrogen (secondary N) is 1. The zero-order chi connectivity index (χ0) is 13.8. The summed E-state index contributed by atoms with van der Waals surface area (Å²) in [7, 11) is 0. The van der Waals surface area contributed by atoms with Gasteiger partial charge in [-0.2, -0.15) is 0 Å². The van der Waals surface area contributed by atoms with E-state index in [4.69, 9.17) is 0 Å². The van der Waals surface area contributed by atoms with Crippen molar-refractivity contribution in [3.63, 3.8) is 0 Å². The van der Waals surface area contributed by atoms with E-state index in [1.54, 1.807) is 6.20 Å². The summed E-state index contributed by atoms with van der Waals surface area (Å²) in [5, 5.41) is 11.1. The van der Waals surface area contributed by atoms with E-state index in [2.05, 4.69) is 15.6 Å². The third kappa shape index (κ3) is 3.11. The molecule has 1 aliphatic carbocycles. The first kappa shape index (κ1) is 13.4. The lowest BCUT2D eigenvalue weighted by molar-refractivity contribution is 0.162. The molecule has 0 spiro atoms. The smallest absolute Gasteiger partial charge is 0.317 e. The highest BCUT2D eigenvalue weighted by molar-refractivity contribution is 5.74. The van der Waals surface area contributed by atoms with Gasteiger partial charge in [0.2, 0.25) is 0 Å². The summed E-state index contributed by atoms with van der Waals surface area (Å²) in [5.74, 6) is 0. The standard InChI is InChI=1S/C14H23N5O/c20-14(16-12-4-2-1-3-5-12)18-9-6-13(7-10-18)19-11-8-15-17-19/h8,11-13H,1-7,9-10H2,(H,16,20). The molecule has 2 fully saturated rings. The average Bonchev–Trinajstić information content (AvgIpc) is 3.03. The maximum atomic E-state index is 12.2. The van der Waals surface area contributed by atoms with Gasteiger partial charge in [0.1, 0.15) is 0 Å². The quantitative estimate of drug-likeness (QED) is 0.898. The zero-order valence-corrected chi connectivity index (χ0v) is 11.9. The van der Waals surface area contributed by atoms with Crippen LogP contribution in [0, 0.1) is 0 Å². The van der Waals surface area contributed by atoms with Crippen molar-refractivity contribution in [3.05, 3.63) is 12.4 Å². The van der Waals surface area contributed by atoms with E-state index in [9.17, 15) is 4.79 Å². The number of amides is 2. The van der Waals surface area contributed by atoms with Crippen molar-refractivity contribution in [2.45, 2.75) is 57.0 Å². The summed E-state index contributed by atoms with van der Waals surface area (Å²) in [6, 6.07) is 0.898. The topological polar surface area (TPSA) is 63.1 Å². The molecule has 20 heavy (non-hydrogen) atoms. The molecule has 1 aliphatic heterocycles. The summed E-state index contributed by atoms with van der Waals surface area (Å²) in [6.07, 6.45) is 11.6. The Balaban J connectivity index is 1.46. The molecule has 1 aromatic rings. The Hall–Kier alpha value is -1.59. The van der Waals surface area contributed by atoms with Crippen molar-refractivity contribution < 1.29 is 4.79 Å². The molecule has 1 aromatic heterocycles. The SMILES string of the molecule is O=C(NC1CCCCC1)N1CCC(n2ccnn2)CC1. The van der Waals surface area contributed by atoms with Gasteiger partial charge in [-0.1, -0.05) is 24.5 Å². The molecule has 110 valence electrons. The van der Waals surface area contributed by atoms with Crippen molar-refractivity contribution in [1.82, 2.24) is 25.2 Å². The van der Waals surface area contributed by atoms with Gasteiger partial charge in [0, 0.05) is 25.3 Å². The highest BCUT2D eigenvalue weighted by atomic mass is 16.2. The minimum absolute atomic E-state index is 0.119. The molecule has 3 rings (SSSR count). The maximum absolute atomic E-state index is 12.2. The first-order valence-electron chi connectivity index (χ1n) is 7.74. The summed E-state index contributed by atoms with van der Waals surface area (Å²) >= 11 is 0. The maximum Gasteiger partial charge on any atom is 0.317 e. The molecule has 6 heteroatoms. The van der Waals surface area contributed by atoms with Crippen LogP contribution in [-0.4, -0.2) is 45.1 Å². The van der Waals surface area contributed by atoms with Crippen LogP contribution in [0.15, 0.2) is 12.4 Å². The Morgan fingerprint density at radius 1 is 1.10 bits per heavy atom. The number of urea groups is 1. The number of hydrogen-bond donors (Lipinski definition) is 1. The molecule has 0 aromatic carbocycles. The van der Waals surface area contributed by atoms with Gasteiger partial charge in [-0.15, -0.1) is 5.10 Å². The number of rotatable bonds is 2. The fraction of sp³-hybridized carbons (Fsp3) is 0.786. The van der Waals surface area contributed by atoms with Gasteiger partial charge in [-0.25, -0.2) is 9.48 Å². The predicted molar refractivity (Wildman–Crippen MR) is 75.3 cm³/mol. The molecule has 0 bridgehead atoms. The molecule has 1 saturated carbocycles. The van der Waals surface area contributed by atoms with E-state index in [0.29, 0.717) is 12.1 Å². The highest BCUT2D eigenvalue weighted by Crippen LogP contribution is 2.22. The Kier molecular flexibility index (Phi) is 4.18. The summed E-state index contributed by atoms with van der Waals surface area (Å²) in [5.41, 5.74) is 0. The fourth-order valence-electron chi connectivity index (χ4n) is 3.26. The van der Waals surface area contributed by atoms with E-state index in [-0.39, 0.29) is 6.03 Å². The van der Waals surface area contributed by atoms with Gasteiger partial charge < -0.3 is 10.2 Å². The first-order chi connectivity index (χ1) is 9.83. The van der Waals surface area contributed by atoms with E-state index >= 15 is 0 Å². The normalized spacial score (nSPS) is 21.9. The van der Waals surface area contributed by atoms with Crippen LogP contribution in [0.4, 0.5) is 4.79 Å². The summed E-state index contributed by atoms with van der Waals surface area (Å²) < 4.78 is 1.91. The molecular formula is C14H23N5O. The van der Waals surface area contributed by atoms with Crippen molar-refractivity contribution in [2.75, 3.05) is 13.1 Å². The van der Waals surface area contributed by atoms with Crippen molar-refractivity contribution in [1.29, 1.82) is 0 Å². The average molecular weight is 277 g/mol. The van der Waals surface area contributed by atoms with Crippen LogP contribution in [0.25, 0.3) is 0 Å². The number of likely N-dealkylation sites (tertiary alicyclic amines) is 1. The molecule has 0 radical (unpaired) electrons. The van der Waals surface area contributed by atoms with Gasteiger partial charge in [0.15, 0.2) is 0 Å². The Morgan fingerprint density at radius 2 is 1.85 bits per heavy atom. The Bertz CT molecular complexity index is 419. The van der Waals surface area contributed by atoms with E-state index < -0.39 is 0 Å². The number of nitrogens with zero attached hydrogens (tertiary/aromatic N) is 4. The van der Waals surface area contributed by atoms with Gasteiger partial charge in [-0.3, -0.25) is 0 Å². The van der Waals surface area contributed by atoms with Gasteiger partial charge in [0.05, 0.1) is 12.2 Å². The Labute approximate surface area is 119 Å². The monoisotopic (exact) mass is 277 g/mol. The number of carbonyl (C=O) groups is 1.